The molecule has 2 nitrogen and oxygen atoms in total. The highest BCUT2D eigenvalue weighted by Gasteiger charge is 2.15. The zero-order valence-corrected chi connectivity index (χ0v) is 10.8. The molecule has 0 fully saturated rings. The van der Waals surface area contributed by atoms with Crippen LogP contribution in [0.25, 0.3) is 0 Å². The summed E-state index contributed by atoms with van der Waals surface area (Å²) in [7, 11) is 0. The maximum Gasteiger partial charge on any atom is 0.168 e. The van der Waals surface area contributed by atoms with Crippen LogP contribution in [0.1, 0.15) is 22.8 Å². The van der Waals surface area contributed by atoms with Crippen LogP contribution in [0.3, 0.4) is 0 Å². The third kappa shape index (κ3) is 2.82. The van der Waals surface area contributed by atoms with Crippen molar-refractivity contribution in [2.45, 2.75) is 13.8 Å². The molecule has 2 rings (SSSR count). The van der Waals surface area contributed by atoms with Crippen LogP contribution >= 0.6 is 0 Å². The fourth-order valence-corrected chi connectivity index (χ4v) is 1.69. The van der Waals surface area contributed by atoms with Gasteiger partial charge in [-0.2, -0.15) is 0 Å². The van der Waals surface area contributed by atoms with Gasteiger partial charge >= 0.3 is 0 Å². The fourth-order valence-electron chi connectivity index (χ4n) is 1.69. The van der Waals surface area contributed by atoms with Crippen LogP contribution in [0.2, 0.25) is 0 Å². The molecule has 0 unspecified atom stereocenters. The smallest absolute Gasteiger partial charge is 0.168 e. The van der Waals surface area contributed by atoms with Gasteiger partial charge in [0.25, 0.3) is 0 Å². The molecule has 0 N–H and O–H groups in total. The average molecular weight is 280 g/mol. The van der Waals surface area contributed by atoms with Gasteiger partial charge in [-0.05, 0) is 43.7 Å². The van der Waals surface area contributed by atoms with E-state index in [1.165, 1.54) is 19.9 Å². The monoisotopic (exact) mass is 280 g/mol. The molecule has 0 radical (unpaired) electrons. The molecule has 0 heterocycles. The summed E-state index contributed by atoms with van der Waals surface area (Å²) in [5, 5.41) is 0. The van der Waals surface area contributed by atoms with Crippen molar-refractivity contribution in [3.63, 3.8) is 0 Å². The highest BCUT2D eigenvalue weighted by molar-refractivity contribution is 5.97. The lowest BCUT2D eigenvalue weighted by atomic mass is 10.1. The number of rotatable bonds is 3. The number of ether oxygens (including phenoxy) is 1. The molecule has 2 aromatic rings. The molecule has 0 saturated heterocycles. The molecule has 0 spiro atoms. The van der Waals surface area contributed by atoms with E-state index in [0.29, 0.717) is 6.07 Å². The number of hydrogen-bond acceptors (Lipinski definition) is 2. The first-order chi connectivity index (χ1) is 9.38. The maximum absolute atomic E-state index is 13.5. The Morgan fingerprint density at radius 1 is 1.00 bits per heavy atom. The molecular weight excluding hydrogens is 269 g/mol. The maximum atomic E-state index is 13.5. The van der Waals surface area contributed by atoms with E-state index in [0.717, 1.165) is 18.2 Å². The summed E-state index contributed by atoms with van der Waals surface area (Å²) in [6, 6.07) is 5.14. The van der Waals surface area contributed by atoms with Gasteiger partial charge in [0.15, 0.2) is 17.3 Å². The summed E-state index contributed by atoms with van der Waals surface area (Å²) in [5.74, 6) is -2.82. The van der Waals surface area contributed by atoms with Crippen molar-refractivity contribution in [2.24, 2.45) is 0 Å². The van der Waals surface area contributed by atoms with Gasteiger partial charge in [0.1, 0.15) is 17.4 Å². The van der Waals surface area contributed by atoms with Gasteiger partial charge in [0.05, 0.1) is 5.56 Å². The summed E-state index contributed by atoms with van der Waals surface area (Å²) in [5.41, 5.74) is 0.254. The molecule has 0 bridgehead atoms. The summed E-state index contributed by atoms with van der Waals surface area (Å²) in [4.78, 5) is 11.5. The number of benzene rings is 2. The molecule has 2 aromatic carbocycles. The van der Waals surface area contributed by atoms with Crippen molar-refractivity contribution in [2.75, 3.05) is 0 Å². The molecule has 0 aliphatic carbocycles. The Kier molecular flexibility index (Phi) is 3.79. The number of carbonyl (C=O) groups is 1. The standard InChI is InChI=1S/C15H11F3O2/c1-8-5-15(11(9(2)19)7-12(8)17)20-14-4-3-10(16)6-13(14)18/h3-7H,1-2H3. The van der Waals surface area contributed by atoms with Crippen molar-refractivity contribution in [3.8, 4) is 11.5 Å². The molecule has 0 aliphatic heterocycles. The number of carbonyl (C=O) groups excluding carboxylic acids is 1. The number of hydrogen-bond donors (Lipinski definition) is 0. The van der Waals surface area contributed by atoms with Crippen LogP contribution in [-0.2, 0) is 0 Å². The Hall–Kier alpha value is -2.30. The van der Waals surface area contributed by atoms with Gasteiger partial charge in [-0.3, -0.25) is 4.79 Å². The van der Waals surface area contributed by atoms with Gasteiger partial charge in [-0.1, -0.05) is 0 Å². The van der Waals surface area contributed by atoms with Gasteiger partial charge in [0.2, 0.25) is 0 Å². The quantitative estimate of drug-likeness (QED) is 0.778. The van der Waals surface area contributed by atoms with Crippen LogP contribution < -0.4 is 4.74 Å². The van der Waals surface area contributed by atoms with Crippen molar-refractivity contribution in [3.05, 3.63) is 58.9 Å². The Morgan fingerprint density at radius 3 is 2.30 bits per heavy atom. The normalized spacial score (nSPS) is 10.4. The largest absolute Gasteiger partial charge is 0.454 e. The Balaban J connectivity index is 2.47. The van der Waals surface area contributed by atoms with Crippen molar-refractivity contribution < 1.29 is 22.7 Å². The molecule has 0 aromatic heterocycles. The van der Waals surface area contributed by atoms with Gasteiger partial charge in [-0.15, -0.1) is 0 Å². The number of aryl methyl sites for hydroxylation is 1. The average Bonchev–Trinajstić information content (AvgIpc) is 2.36. The summed E-state index contributed by atoms with van der Waals surface area (Å²) < 4.78 is 45.1. The first-order valence-corrected chi connectivity index (χ1v) is 5.82. The minimum absolute atomic E-state index is 0.00294. The predicted octanol–water partition coefficient (Wildman–Crippen LogP) is 4.41. The molecule has 20 heavy (non-hydrogen) atoms. The van der Waals surface area contributed by atoms with Crippen LogP contribution in [0.5, 0.6) is 11.5 Å². The van der Waals surface area contributed by atoms with Crippen LogP contribution in [-0.4, -0.2) is 5.78 Å². The first-order valence-electron chi connectivity index (χ1n) is 5.82. The van der Waals surface area contributed by atoms with E-state index in [1.54, 1.807) is 0 Å². The molecule has 0 saturated carbocycles. The van der Waals surface area contributed by atoms with Gasteiger partial charge in [0, 0.05) is 6.07 Å². The Morgan fingerprint density at radius 2 is 1.70 bits per heavy atom. The molecule has 104 valence electrons. The van der Waals surface area contributed by atoms with Crippen LogP contribution in [0.15, 0.2) is 30.3 Å². The van der Waals surface area contributed by atoms with E-state index in [9.17, 15) is 18.0 Å². The van der Waals surface area contributed by atoms with Gasteiger partial charge < -0.3 is 4.74 Å². The summed E-state index contributed by atoms with van der Waals surface area (Å²) in [6.45, 7) is 2.74. The van der Waals surface area contributed by atoms with Gasteiger partial charge in [-0.25, -0.2) is 13.2 Å². The summed E-state index contributed by atoms with van der Waals surface area (Å²) >= 11 is 0. The third-order valence-corrected chi connectivity index (χ3v) is 2.75. The lowest BCUT2D eigenvalue weighted by Crippen LogP contribution is -2.01. The fraction of sp³-hybridized carbons (Fsp3) is 0.133. The first kappa shape index (κ1) is 14.1. The highest BCUT2D eigenvalue weighted by atomic mass is 19.1. The second-order valence-corrected chi connectivity index (χ2v) is 4.33. The second-order valence-electron chi connectivity index (χ2n) is 4.33. The summed E-state index contributed by atoms with van der Waals surface area (Å²) in [6.07, 6.45) is 0. The zero-order chi connectivity index (χ0) is 14.9. The van der Waals surface area contributed by atoms with E-state index >= 15 is 0 Å². The lowest BCUT2D eigenvalue weighted by molar-refractivity contribution is 0.101. The lowest BCUT2D eigenvalue weighted by Gasteiger charge is -2.11. The zero-order valence-electron chi connectivity index (χ0n) is 10.8. The van der Waals surface area contributed by atoms with E-state index in [2.05, 4.69) is 0 Å². The third-order valence-electron chi connectivity index (χ3n) is 2.75. The van der Waals surface area contributed by atoms with E-state index in [-0.39, 0.29) is 22.6 Å². The molecular formula is C15H11F3O2. The molecule has 0 aliphatic rings. The molecule has 0 amide bonds. The highest BCUT2D eigenvalue weighted by Crippen LogP contribution is 2.30. The van der Waals surface area contributed by atoms with E-state index in [4.69, 9.17) is 4.74 Å². The predicted molar refractivity (Wildman–Crippen MR) is 67.6 cm³/mol. The van der Waals surface area contributed by atoms with Crippen molar-refractivity contribution >= 4 is 5.78 Å². The number of ketones is 1. The van der Waals surface area contributed by atoms with Crippen LogP contribution in [0.4, 0.5) is 13.2 Å². The Bertz CT molecular complexity index is 681. The van der Waals surface area contributed by atoms with Crippen molar-refractivity contribution in [1.82, 2.24) is 0 Å². The minimum Gasteiger partial charge on any atom is -0.454 e. The SMILES string of the molecule is CC(=O)c1cc(F)c(C)cc1Oc1ccc(F)cc1F. The van der Waals surface area contributed by atoms with E-state index < -0.39 is 23.2 Å². The topological polar surface area (TPSA) is 26.3 Å². The minimum atomic E-state index is -0.901. The van der Waals surface area contributed by atoms with Crippen LogP contribution in [0, 0.1) is 24.4 Å². The molecule has 5 heteroatoms. The Labute approximate surface area is 113 Å². The number of Topliss-reactive ketones (excluding diaryl/α,β-unsaturated/α-hetero) is 1. The van der Waals surface area contributed by atoms with Crippen molar-refractivity contribution in [1.29, 1.82) is 0 Å². The van der Waals surface area contributed by atoms with E-state index in [1.807, 2.05) is 0 Å². The molecule has 0 atom stereocenters. The second kappa shape index (κ2) is 5.36. The number of halogens is 3.